The van der Waals surface area contributed by atoms with Gasteiger partial charge >= 0.3 is 0 Å². The number of nitrogens with one attached hydrogen (secondary N) is 2. The molecule has 1 fully saturated rings. The van der Waals surface area contributed by atoms with E-state index in [1.165, 1.54) is 10.9 Å². The van der Waals surface area contributed by atoms with Gasteiger partial charge in [0.1, 0.15) is 5.75 Å². The predicted molar refractivity (Wildman–Crippen MR) is 158 cm³/mol. The number of rotatable bonds is 8. The maximum absolute atomic E-state index is 6.61. The molecule has 3 aromatic heterocycles. The van der Waals surface area contributed by atoms with Crippen LogP contribution in [0.4, 0.5) is 5.95 Å². The molecule has 2 N–H and O–H groups in total. The molecule has 0 amide bonds. The minimum absolute atomic E-state index is 0.325. The second-order valence-electron chi connectivity index (χ2n) is 9.99. The third-order valence-electron chi connectivity index (χ3n) is 7.15. The van der Waals surface area contributed by atoms with Gasteiger partial charge in [-0.3, -0.25) is 0 Å². The lowest BCUT2D eigenvalue weighted by Crippen LogP contribution is -2.38. The van der Waals surface area contributed by atoms with Crippen LogP contribution in [-0.4, -0.2) is 39.1 Å². The molecule has 1 aliphatic heterocycles. The Kier molecular flexibility index (Phi) is 7.47. The lowest BCUT2D eigenvalue weighted by Gasteiger charge is -2.23. The molecule has 0 radical (unpaired) electrons. The van der Waals surface area contributed by atoms with Gasteiger partial charge in [-0.1, -0.05) is 30.3 Å². The van der Waals surface area contributed by atoms with Crippen molar-refractivity contribution in [2.24, 2.45) is 0 Å². The first-order valence-corrected chi connectivity index (χ1v) is 14.4. The Labute approximate surface area is 232 Å². The number of ether oxygens (including phenoxy) is 1. The van der Waals surface area contributed by atoms with Crippen LogP contribution in [0.3, 0.4) is 0 Å². The number of aryl methyl sites for hydroxylation is 4. The molecule has 0 unspecified atom stereocenters. The summed E-state index contributed by atoms with van der Waals surface area (Å²) in [7, 11) is 0. The van der Waals surface area contributed by atoms with Gasteiger partial charge in [0.25, 0.3) is 0 Å². The van der Waals surface area contributed by atoms with Gasteiger partial charge < -0.3 is 15.4 Å². The number of pyridine rings is 1. The fourth-order valence-corrected chi connectivity index (χ4v) is 5.79. The number of anilines is 1. The Hall–Kier alpha value is -3.88. The van der Waals surface area contributed by atoms with Crippen LogP contribution in [0.5, 0.6) is 11.6 Å². The molecule has 0 bridgehead atoms. The predicted octanol–water partition coefficient (Wildman–Crippen LogP) is 6.51. The molecule has 5 aromatic rings. The lowest BCUT2D eigenvalue weighted by atomic mass is 9.98. The van der Waals surface area contributed by atoms with Gasteiger partial charge in [0, 0.05) is 35.7 Å². The van der Waals surface area contributed by atoms with Crippen LogP contribution in [0.2, 0.25) is 0 Å². The highest BCUT2D eigenvalue weighted by Gasteiger charge is 2.17. The van der Waals surface area contributed by atoms with Crippen molar-refractivity contribution in [3.8, 4) is 22.9 Å². The van der Waals surface area contributed by atoms with Crippen molar-refractivity contribution in [2.45, 2.75) is 45.6 Å². The van der Waals surface area contributed by atoms with Crippen molar-refractivity contribution in [1.29, 1.82) is 0 Å². The Bertz CT molecular complexity index is 1590. The van der Waals surface area contributed by atoms with Gasteiger partial charge in [-0.25, -0.2) is 19.9 Å². The highest BCUT2D eigenvalue weighted by Crippen LogP contribution is 2.37. The average molecular weight is 537 g/mol. The number of aromatic nitrogens is 4. The Morgan fingerprint density at radius 3 is 2.77 bits per heavy atom. The fourth-order valence-electron chi connectivity index (χ4n) is 5.14. The standard InChI is InChI=1S/C31H32N6OS/c1-20-10-13-25-22(11-12-24-19-39-21(2)35-24)6-3-8-26(25)29(20)38-30-27(9-5-16-33-30)28-14-17-34-31(37-28)36-23-7-4-15-32-18-23/h3,5-6,8-10,13-14,16-17,19,23,32H,4,7,11-12,15,18H2,1-2H3,(H,34,36,37)/t23-/m0/s1. The van der Waals surface area contributed by atoms with Crippen LogP contribution in [0.15, 0.2) is 66.3 Å². The van der Waals surface area contributed by atoms with Crippen molar-refractivity contribution in [2.75, 3.05) is 18.4 Å². The third-order valence-corrected chi connectivity index (χ3v) is 7.97. The molecule has 2 aromatic carbocycles. The van der Waals surface area contributed by atoms with Crippen molar-refractivity contribution in [1.82, 2.24) is 25.3 Å². The summed E-state index contributed by atoms with van der Waals surface area (Å²) in [5.41, 5.74) is 5.09. The topological polar surface area (TPSA) is 84.9 Å². The van der Waals surface area contributed by atoms with Crippen LogP contribution >= 0.6 is 11.3 Å². The molecule has 1 atom stereocenters. The van der Waals surface area contributed by atoms with Crippen LogP contribution in [0, 0.1) is 13.8 Å². The lowest BCUT2D eigenvalue weighted by molar-refractivity contribution is 0.466. The first-order chi connectivity index (χ1) is 19.1. The summed E-state index contributed by atoms with van der Waals surface area (Å²) in [5.74, 6) is 1.97. The number of hydrogen-bond donors (Lipinski definition) is 2. The van der Waals surface area contributed by atoms with E-state index in [-0.39, 0.29) is 0 Å². The summed E-state index contributed by atoms with van der Waals surface area (Å²) >= 11 is 1.70. The minimum Gasteiger partial charge on any atom is -0.437 e. The molecule has 0 saturated carbocycles. The second kappa shape index (κ2) is 11.5. The van der Waals surface area contributed by atoms with Crippen LogP contribution in [0.1, 0.15) is 34.7 Å². The summed E-state index contributed by atoms with van der Waals surface area (Å²) in [6.45, 7) is 6.11. The molecule has 198 valence electrons. The van der Waals surface area contributed by atoms with E-state index in [1.54, 1.807) is 23.7 Å². The minimum atomic E-state index is 0.325. The second-order valence-corrected chi connectivity index (χ2v) is 11.1. The number of nitrogens with zero attached hydrogens (tertiary/aromatic N) is 4. The molecule has 1 saturated heterocycles. The quantitative estimate of drug-likeness (QED) is 0.234. The molecular weight excluding hydrogens is 504 g/mol. The van der Waals surface area contributed by atoms with Gasteiger partial charge in [0.15, 0.2) is 0 Å². The Balaban J connectivity index is 1.30. The summed E-state index contributed by atoms with van der Waals surface area (Å²) in [5, 5.41) is 12.4. The van der Waals surface area contributed by atoms with Gasteiger partial charge in [-0.2, -0.15) is 0 Å². The Morgan fingerprint density at radius 1 is 0.974 bits per heavy atom. The molecule has 8 heteroatoms. The SMILES string of the molecule is Cc1nc(CCc2cccc3c(Oc4ncccc4-c4ccnc(N[C@H]5CCCNC5)n4)c(C)ccc23)cs1. The molecular formula is C31H32N6OS. The fraction of sp³-hybridized carbons (Fsp3) is 0.290. The zero-order valence-electron chi connectivity index (χ0n) is 22.3. The number of piperidine rings is 1. The van der Waals surface area contributed by atoms with Crippen molar-refractivity contribution < 1.29 is 4.74 Å². The number of fused-ring (bicyclic) bond motifs is 1. The smallest absolute Gasteiger partial charge is 0.228 e. The van der Waals surface area contributed by atoms with E-state index < -0.39 is 0 Å². The molecule has 39 heavy (non-hydrogen) atoms. The van der Waals surface area contributed by atoms with Crippen molar-refractivity contribution in [3.63, 3.8) is 0 Å². The summed E-state index contributed by atoms with van der Waals surface area (Å²) < 4.78 is 6.61. The molecule has 7 nitrogen and oxygen atoms in total. The highest BCUT2D eigenvalue weighted by molar-refractivity contribution is 7.09. The monoisotopic (exact) mass is 536 g/mol. The van der Waals surface area contributed by atoms with Crippen LogP contribution in [-0.2, 0) is 12.8 Å². The van der Waals surface area contributed by atoms with Crippen molar-refractivity contribution in [3.05, 3.63) is 88.1 Å². The molecule has 4 heterocycles. The van der Waals surface area contributed by atoms with Gasteiger partial charge in [0.05, 0.1) is 22.0 Å². The third kappa shape index (κ3) is 5.77. The molecule has 0 aliphatic carbocycles. The normalized spacial score (nSPS) is 15.4. The van der Waals surface area contributed by atoms with E-state index in [1.807, 2.05) is 18.2 Å². The van der Waals surface area contributed by atoms with Crippen LogP contribution < -0.4 is 15.4 Å². The highest BCUT2D eigenvalue weighted by atomic mass is 32.1. The Morgan fingerprint density at radius 2 is 1.92 bits per heavy atom. The maximum Gasteiger partial charge on any atom is 0.228 e. The van der Waals surface area contributed by atoms with Crippen LogP contribution in [0.25, 0.3) is 22.0 Å². The summed E-state index contributed by atoms with van der Waals surface area (Å²) in [6, 6.07) is 16.9. The first kappa shape index (κ1) is 25.4. The largest absolute Gasteiger partial charge is 0.437 e. The number of hydrogen-bond acceptors (Lipinski definition) is 8. The average Bonchev–Trinajstić information content (AvgIpc) is 3.39. The zero-order valence-corrected chi connectivity index (χ0v) is 23.1. The van der Waals surface area contributed by atoms with Gasteiger partial charge in [0.2, 0.25) is 11.8 Å². The maximum atomic E-state index is 6.61. The van der Waals surface area contributed by atoms with E-state index >= 15 is 0 Å². The van der Waals surface area contributed by atoms with E-state index in [0.29, 0.717) is 17.9 Å². The molecule has 6 rings (SSSR count). The van der Waals surface area contributed by atoms with Gasteiger partial charge in [-0.15, -0.1) is 11.3 Å². The van der Waals surface area contributed by atoms with E-state index in [9.17, 15) is 0 Å². The summed E-state index contributed by atoms with van der Waals surface area (Å²) in [6.07, 6.45) is 7.64. The zero-order chi connectivity index (χ0) is 26.6. The molecule has 1 aliphatic rings. The van der Waals surface area contributed by atoms with E-state index in [0.717, 1.165) is 77.4 Å². The summed E-state index contributed by atoms with van der Waals surface area (Å²) in [4.78, 5) is 18.5. The number of benzene rings is 2. The van der Waals surface area contributed by atoms with E-state index in [2.05, 4.69) is 75.1 Å². The van der Waals surface area contributed by atoms with Gasteiger partial charge in [-0.05, 0) is 80.8 Å². The molecule has 0 spiro atoms. The van der Waals surface area contributed by atoms with E-state index in [4.69, 9.17) is 9.72 Å². The van der Waals surface area contributed by atoms with Crippen molar-refractivity contribution >= 4 is 28.1 Å². The first-order valence-electron chi connectivity index (χ1n) is 13.5. The number of thiazole rings is 1.